The highest BCUT2D eigenvalue weighted by molar-refractivity contribution is 5.80. The molecule has 0 aliphatic carbocycles. The maximum absolute atomic E-state index is 11.7. The molecule has 6 heteroatoms. The minimum Gasteiger partial charge on any atom is -0.493 e. The Morgan fingerprint density at radius 3 is 2.54 bits per heavy atom. The zero-order chi connectivity index (χ0) is 18.8. The van der Waals surface area contributed by atoms with Crippen molar-refractivity contribution in [2.75, 3.05) is 20.8 Å². The number of ether oxygens (including phenoxy) is 3. The first-order chi connectivity index (χ1) is 12.7. The average Bonchev–Trinajstić information content (AvgIpc) is 2.69. The molecule has 0 fully saturated rings. The zero-order valence-electron chi connectivity index (χ0n) is 14.7. The predicted octanol–water partition coefficient (Wildman–Crippen LogP) is 3.46. The van der Waals surface area contributed by atoms with E-state index in [0.29, 0.717) is 22.6 Å². The van der Waals surface area contributed by atoms with Crippen LogP contribution in [0.15, 0.2) is 48.5 Å². The minimum absolute atomic E-state index is 0.211. The molecule has 0 heterocycles. The summed E-state index contributed by atoms with van der Waals surface area (Å²) >= 11 is 0. The molecular formula is C20H21NO5. The Hall–Kier alpha value is -3.28. The normalized spacial score (nSPS) is 10.4. The maximum Gasteiger partial charge on any atom is 0.407 e. The van der Waals surface area contributed by atoms with Crippen molar-refractivity contribution in [2.45, 2.75) is 6.61 Å². The van der Waals surface area contributed by atoms with Gasteiger partial charge in [-0.2, -0.15) is 0 Å². The van der Waals surface area contributed by atoms with Gasteiger partial charge in [-0.3, -0.25) is 4.79 Å². The summed E-state index contributed by atoms with van der Waals surface area (Å²) in [6.07, 6.45) is 3.70. The molecule has 6 nitrogen and oxygen atoms in total. The van der Waals surface area contributed by atoms with Gasteiger partial charge in [-0.15, -0.1) is 0 Å². The van der Waals surface area contributed by atoms with E-state index in [1.165, 1.54) is 14.2 Å². The lowest BCUT2D eigenvalue weighted by Crippen LogP contribution is -2.24. The number of carbonyl (C=O) groups is 2. The van der Waals surface area contributed by atoms with E-state index in [-0.39, 0.29) is 13.2 Å². The number of nitrogens with one attached hydrogen (secondary N) is 1. The summed E-state index contributed by atoms with van der Waals surface area (Å²) in [5.41, 5.74) is 2.06. The lowest BCUT2D eigenvalue weighted by Gasteiger charge is -2.11. The minimum atomic E-state index is -0.510. The molecule has 0 saturated heterocycles. The van der Waals surface area contributed by atoms with E-state index in [1.807, 2.05) is 30.3 Å². The molecule has 136 valence electrons. The van der Waals surface area contributed by atoms with Gasteiger partial charge in [0.15, 0.2) is 11.5 Å². The molecule has 26 heavy (non-hydrogen) atoms. The number of aldehydes is 1. The Balaban J connectivity index is 1.91. The number of alkyl carbamates (subject to hydrolysis) is 1. The molecule has 2 aromatic rings. The second-order valence-corrected chi connectivity index (χ2v) is 5.31. The number of methoxy groups -OCH3 is 2. The van der Waals surface area contributed by atoms with Gasteiger partial charge < -0.3 is 19.5 Å². The van der Waals surface area contributed by atoms with Crippen LogP contribution in [0.25, 0.3) is 6.08 Å². The first-order valence-corrected chi connectivity index (χ1v) is 8.00. The summed E-state index contributed by atoms with van der Waals surface area (Å²) < 4.78 is 15.7. The molecule has 0 aliphatic heterocycles. The quantitative estimate of drug-likeness (QED) is 0.734. The van der Waals surface area contributed by atoms with Gasteiger partial charge in [-0.05, 0) is 17.7 Å². The van der Waals surface area contributed by atoms with E-state index in [1.54, 1.807) is 24.3 Å². The summed E-state index contributed by atoms with van der Waals surface area (Å²) in [6.45, 7) is 0.479. The van der Waals surface area contributed by atoms with Crippen molar-refractivity contribution in [2.24, 2.45) is 0 Å². The average molecular weight is 355 g/mol. The summed E-state index contributed by atoms with van der Waals surface area (Å²) in [7, 11) is 3.03. The second-order valence-electron chi connectivity index (χ2n) is 5.31. The van der Waals surface area contributed by atoms with Crippen LogP contribution in [0.5, 0.6) is 11.5 Å². The van der Waals surface area contributed by atoms with E-state index >= 15 is 0 Å². The molecule has 0 atom stereocenters. The third-order valence-electron chi connectivity index (χ3n) is 3.54. The highest BCUT2D eigenvalue weighted by Crippen LogP contribution is 2.33. The van der Waals surface area contributed by atoms with Gasteiger partial charge in [0, 0.05) is 17.7 Å². The van der Waals surface area contributed by atoms with Gasteiger partial charge in [-0.1, -0.05) is 42.5 Å². The number of benzene rings is 2. The molecule has 0 aromatic heterocycles. The van der Waals surface area contributed by atoms with Crippen LogP contribution in [-0.4, -0.2) is 33.1 Å². The van der Waals surface area contributed by atoms with Crippen molar-refractivity contribution in [3.05, 3.63) is 65.2 Å². The predicted molar refractivity (Wildman–Crippen MR) is 98.6 cm³/mol. The van der Waals surface area contributed by atoms with Crippen molar-refractivity contribution in [1.29, 1.82) is 0 Å². The van der Waals surface area contributed by atoms with Gasteiger partial charge in [0.2, 0.25) is 0 Å². The van der Waals surface area contributed by atoms with Crippen LogP contribution in [0.1, 0.15) is 21.5 Å². The Morgan fingerprint density at radius 2 is 1.88 bits per heavy atom. The molecule has 1 amide bonds. The van der Waals surface area contributed by atoms with Crippen LogP contribution in [0.4, 0.5) is 4.79 Å². The smallest absolute Gasteiger partial charge is 0.407 e. The third-order valence-corrected chi connectivity index (χ3v) is 3.54. The second kappa shape index (κ2) is 9.88. The van der Waals surface area contributed by atoms with E-state index in [2.05, 4.69) is 5.32 Å². The first-order valence-electron chi connectivity index (χ1n) is 8.00. The fourth-order valence-electron chi connectivity index (χ4n) is 2.31. The standard InChI is InChI=1S/C20H21NO5/c1-24-18-12-16(13-22)11-17(19(18)25-2)9-6-10-21-20(23)26-14-15-7-4-3-5-8-15/h3-9,11-13H,10,14H2,1-2H3,(H,21,23). The highest BCUT2D eigenvalue weighted by Gasteiger charge is 2.10. The van der Waals surface area contributed by atoms with Crippen LogP contribution in [0.3, 0.4) is 0 Å². The number of hydrogen-bond donors (Lipinski definition) is 1. The number of carbonyl (C=O) groups excluding carboxylic acids is 2. The van der Waals surface area contributed by atoms with Crippen molar-refractivity contribution in [1.82, 2.24) is 5.32 Å². The Morgan fingerprint density at radius 1 is 1.12 bits per heavy atom. The number of hydrogen-bond acceptors (Lipinski definition) is 5. The van der Waals surface area contributed by atoms with Crippen LogP contribution < -0.4 is 14.8 Å². The summed E-state index contributed by atoms with van der Waals surface area (Å²) in [5, 5.41) is 2.63. The van der Waals surface area contributed by atoms with Crippen LogP contribution in [0, 0.1) is 0 Å². The molecule has 0 saturated carbocycles. The van der Waals surface area contributed by atoms with E-state index in [9.17, 15) is 9.59 Å². The van der Waals surface area contributed by atoms with Gasteiger partial charge in [-0.25, -0.2) is 4.79 Å². The fourth-order valence-corrected chi connectivity index (χ4v) is 2.31. The van der Waals surface area contributed by atoms with Crippen LogP contribution in [0.2, 0.25) is 0 Å². The Bertz CT molecular complexity index is 771. The van der Waals surface area contributed by atoms with Gasteiger partial charge >= 0.3 is 6.09 Å². The SMILES string of the molecule is COc1cc(C=O)cc(C=CCNC(=O)OCc2ccccc2)c1OC. The first kappa shape index (κ1) is 19.1. The van der Waals surface area contributed by atoms with Crippen molar-refractivity contribution >= 4 is 18.5 Å². The van der Waals surface area contributed by atoms with Crippen molar-refractivity contribution in [3.8, 4) is 11.5 Å². The zero-order valence-corrected chi connectivity index (χ0v) is 14.7. The molecule has 1 N–H and O–H groups in total. The van der Waals surface area contributed by atoms with Crippen molar-refractivity contribution < 1.29 is 23.8 Å². The van der Waals surface area contributed by atoms with Gasteiger partial charge in [0.05, 0.1) is 14.2 Å². The monoisotopic (exact) mass is 355 g/mol. The summed E-state index contributed by atoms with van der Waals surface area (Å²) in [5.74, 6) is 0.980. The molecule has 2 rings (SSSR count). The van der Waals surface area contributed by atoms with E-state index in [4.69, 9.17) is 14.2 Å². The van der Waals surface area contributed by atoms with Gasteiger partial charge in [0.25, 0.3) is 0 Å². The molecule has 0 aliphatic rings. The molecule has 0 spiro atoms. The molecule has 0 bridgehead atoms. The van der Waals surface area contributed by atoms with Gasteiger partial charge in [0.1, 0.15) is 12.9 Å². The topological polar surface area (TPSA) is 73.9 Å². The third kappa shape index (κ3) is 5.37. The highest BCUT2D eigenvalue weighted by atomic mass is 16.5. The Kier molecular flexibility index (Phi) is 7.24. The molecule has 2 aromatic carbocycles. The number of rotatable bonds is 8. The lowest BCUT2D eigenvalue weighted by atomic mass is 10.1. The number of amides is 1. The largest absolute Gasteiger partial charge is 0.493 e. The van der Waals surface area contributed by atoms with E-state index < -0.39 is 6.09 Å². The van der Waals surface area contributed by atoms with Crippen molar-refractivity contribution in [3.63, 3.8) is 0 Å². The summed E-state index contributed by atoms with van der Waals surface area (Å²) in [4.78, 5) is 22.7. The summed E-state index contributed by atoms with van der Waals surface area (Å²) in [6, 6.07) is 12.7. The van der Waals surface area contributed by atoms with Crippen LogP contribution >= 0.6 is 0 Å². The lowest BCUT2D eigenvalue weighted by molar-refractivity contribution is 0.112. The van der Waals surface area contributed by atoms with Crippen LogP contribution in [-0.2, 0) is 11.3 Å². The maximum atomic E-state index is 11.7. The Labute approximate surface area is 152 Å². The van der Waals surface area contributed by atoms with E-state index in [0.717, 1.165) is 11.8 Å². The fraction of sp³-hybridized carbons (Fsp3) is 0.200. The molecule has 0 radical (unpaired) electrons. The molecule has 0 unspecified atom stereocenters. The molecular weight excluding hydrogens is 334 g/mol.